The minimum Gasteiger partial charge on any atom is -0.378 e. The van der Waals surface area contributed by atoms with Gasteiger partial charge < -0.3 is 14.8 Å². The first-order valence-corrected chi connectivity index (χ1v) is 8.32. The molecule has 8 heteroatoms. The molecule has 0 aromatic carbocycles. The third-order valence-corrected chi connectivity index (χ3v) is 4.58. The van der Waals surface area contributed by atoms with Gasteiger partial charge in [-0.15, -0.1) is 0 Å². The number of hydrogen-bond acceptors (Lipinski definition) is 6. The van der Waals surface area contributed by atoms with Gasteiger partial charge in [0.25, 0.3) is 0 Å². The summed E-state index contributed by atoms with van der Waals surface area (Å²) in [6.07, 6.45) is 6.08. The van der Waals surface area contributed by atoms with Crippen LogP contribution in [0.1, 0.15) is 18.9 Å². The smallest absolute Gasteiger partial charge is 0.222 e. The van der Waals surface area contributed by atoms with Crippen molar-refractivity contribution in [3.8, 4) is 5.82 Å². The lowest BCUT2D eigenvalue weighted by atomic mass is 9.93. The highest BCUT2D eigenvalue weighted by Gasteiger charge is 2.37. The molecule has 1 amide bonds. The van der Waals surface area contributed by atoms with E-state index in [9.17, 15) is 4.79 Å². The molecular formula is C18H19N5O3. The number of carbonyl (C=O) groups excluding carboxylic acids is 1. The molecule has 134 valence electrons. The maximum atomic E-state index is 11.2. The SMILES string of the molecule is CO[C@]1(c2ccnc(-n3cc4cnc(NC(C)=O)cc4n3)c2)CCOC1. The van der Waals surface area contributed by atoms with Crippen LogP contribution in [0, 0.1) is 0 Å². The Labute approximate surface area is 150 Å². The predicted molar refractivity (Wildman–Crippen MR) is 95.1 cm³/mol. The lowest BCUT2D eigenvalue weighted by Crippen LogP contribution is -2.29. The van der Waals surface area contributed by atoms with Crippen molar-refractivity contribution in [2.45, 2.75) is 18.9 Å². The van der Waals surface area contributed by atoms with Crippen LogP contribution in [0.3, 0.4) is 0 Å². The second-order valence-corrected chi connectivity index (χ2v) is 6.29. The zero-order valence-electron chi connectivity index (χ0n) is 14.6. The van der Waals surface area contributed by atoms with Crippen LogP contribution in [0.15, 0.2) is 36.8 Å². The van der Waals surface area contributed by atoms with Crippen LogP contribution in [0.4, 0.5) is 5.82 Å². The summed E-state index contributed by atoms with van der Waals surface area (Å²) < 4.78 is 13.0. The summed E-state index contributed by atoms with van der Waals surface area (Å²) in [6, 6.07) is 5.64. The molecule has 4 heterocycles. The number of pyridine rings is 2. The molecule has 1 atom stereocenters. The number of aromatic nitrogens is 4. The molecule has 4 rings (SSSR count). The van der Waals surface area contributed by atoms with Crippen molar-refractivity contribution in [1.82, 2.24) is 19.7 Å². The van der Waals surface area contributed by atoms with Crippen LogP contribution < -0.4 is 5.32 Å². The maximum Gasteiger partial charge on any atom is 0.222 e. The molecule has 1 fully saturated rings. The molecule has 1 aliphatic rings. The fraction of sp³-hybridized carbons (Fsp3) is 0.333. The number of anilines is 1. The highest BCUT2D eigenvalue weighted by atomic mass is 16.5. The highest BCUT2D eigenvalue weighted by molar-refractivity contribution is 5.90. The largest absolute Gasteiger partial charge is 0.378 e. The van der Waals surface area contributed by atoms with Gasteiger partial charge in [-0.3, -0.25) is 4.79 Å². The van der Waals surface area contributed by atoms with Gasteiger partial charge in [0.15, 0.2) is 5.82 Å². The van der Waals surface area contributed by atoms with Crippen molar-refractivity contribution in [2.75, 3.05) is 25.6 Å². The van der Waals surface area contributed by atoms with E-state index in [-0.39, 0.29) is 5.91 Å². The summed E-state index contributed by atoms with van der Waals surface area (Å²) in [6.45, 7) is 2.64. The number of fused-ring (bicyclic) bond motifs is 1. The van der Waals surface area contributed by atoms with Crippen LogP contribution in [0.5, 0.6) is 0 Å². The molecular weight excluding hydrogens is 334 g/mol. The molecule has 8 nitrogen and oxygen atoms in total. The number of amides is 1. The first-order chi connectivity index (χ1) is 12.6. The van der Waals surface area contributed by atoms with Gasteiger partial charge in [0.05, 0.1) is 12.1 Å². The van der Waals surface area contributed by atoms with Crippen molar-refractivity contribution in [2.24, 2.45) is 0 Å². The van der Waals surface area contributed by atoms with Gasteiger partial charge in [0, 0.05) is 57.1 Å². The first-order valence-electron chi connectivity index (χ1n) is 8.32. The third kappa shape index (κ3) is 2.93. The zero-order valence-corrected chi connectivity index (χ0v) is 14.6. The number of nitrogens with one attached hydrogen (secondary N) is 1. The molecule has 0 radical (unpaired) electrons. The maximum absolute atomic E-state index is 11.2. The van der Waals surface area contributed by atoms with E-state index in [0.29, 0.717) is 24.8 Å². The van der Waals surface area contributed by atoms with Crippen LogP contribution in [-0.2, 0) is 19.9 Å². The molecule has 1 N–H and O–H groups in total. The monoisotopic (exact) mass is 353 g/mol. The lowest BCUT2D eigenvalue weighted by molar-refractivity contribution is -0.114. The second kappa shape index (κ2) is 6.47. The number of ether oxygens (including phenoxy) is 2. The van der Waals surface area contributed by atoms with E-state index < -0.39 is 5.60 Å². The Morgan fingerprint density at radius 2 is 2.27 bits per heavy atom. The van der Waals surface area contributed by atoms with Gasteiger partial charge in [-0.2, -0.15) is 5.10 Å². The second-order valence-electron chi connectivity index (χ2n) is 6.29. The topological polar surface area (TPSA) is 91.2 Å². The molecule has 1 aliphatic heterocycles. The first kappa shape index (κ1) is 16.6. The molecule has 0 unspecified atom stereocenters. The van der Waals surface area contributed by atoms with Crippen LogP contribution in [0.2, 0.25) is 0 Å². The van der Waals surface area contributed by atoms with E-state index in [2.05, 4.69) is 20.4 Å². The number of rotatable bonds is 4. The molecule has 0 spiro atoms. The Hall–Kier alpha value is -2.84. The van der Waals surface area contributed by atoms with Crippen molar-refractivity contribution < 1.29 is 14.3 Å². The standard InChI is InChI=1S/C18H19N5O3/c1-12(24)21-16-8-15-13(9-20-16)10-23(22-15)17-7-14(3-5-19-17)18(25-2)4-6-26-11-18/h3,5,7-10H,4,6,11H2,1-2H3,(H,21,24)/t18-/m1/s1. The van der Waals surface area contributed by atoms with Crippen LogP contribution >= 0.6 is 0 Å². The lowest BCUT2D eigenvalue weighted by Gasteiger charge is -2.26. The molecule has 0 aliphatic carbocycles. The van der Waals surface area contributed by atoms with Crippen LogP contribution in [-0.4, -0.2) is 46.0 Å². The Kier molecular flexibility index (Phi) is 4.14. The Morgan fingerprint density at radius 3 is 3.00 bits per heavy atom. The van der Waals surface area contributed by atoms with Crippen molar-refractivity contribution in [1.29, 1.82) is 0 Å². The van der Waals surface area contributed by atoms with E-state index >= 15 is 0 Å². The predicted octanol–water partition coefficient (Wildman–Crippen LogP) is 2.04. The number of hydrogen-bond donors (Lipinski definition) is 1. The summed E-state index contributed by atoms with van der Waals surface area (Å²) in [5.74, 6) is 0.982. The van der Waals surface area contributed by atoms with Gasteiger partial charge in [0.2, 0.25) is 5.91 Å². The minimum atomic E-state index is -0.440. The molecule has 3 aromatic heterocycles. The number of nitrogens with zero attached hydrogens (tertiary/aromatic N) is 4. The van der Waals surface area contributed by atoms with Crippen molar-refractivity contribution in [3.63, 3.8) is 0 Å². The Morgan fingerprint density at radius 1 is 1.38 bits per heavy atom. The summed E-state index contributed by atoms with van der Waals surface area (Å²) >= 11 is 0. The molecule has 1 saturated heterocycles. The Balaban J connectivity index is 1.71. The molecule has 3 aromatic rings. The summed E-state index contributed by atoms with van der Waals surface area (Å²) in [5, 5.41) is 8.08. The van der Waals surface area contributed by atoms with Gasteiger partial charge in [-0.25, -0.2) is 14.6 Å². The Bertz CT molecular complexity index is 962. The van der Waals surface area contributed by atoms with E-state index in [1.807, 2.05) is 18.3 Å². The fourth-order valence-corrected chi connectivity index (χ4v) is 3.16. The molecule has 0 bridgehead atoms. The summed E-state index contributed by atoms with van der Waals surface area (Å²) in [4.78, 5) is 19.8. The van der Waals surface area contributed by atoms with E-state index in [0.717, 1.165) is 22.9 Å². The zero-order chi connectivity index (χ0) is 18.1. The highest BCUT2D eigenvalue weighted by Crippen LogP contribution is 2.34. The average Bonchev–Trinajstić information content (AvgIpc) is 3.28. The summed E-state index contributed by atoms with van der Waals surface area (Å²) in [5.41, 5.74) is 1.30. The normalized spacial score (nSPS) is 19.8. The number of methoxy groups -OCH3 is 1. The van der Waals surface area contributed by atoms with Crippen molar-refractivity contribution >= 4 is 22.6 Å². The molecule has 26 heavy (non-hydrogen) atoms. The molecule has 0 saturated carbocycles. The van der Waals surface area contributed by atoms with E-state index in [1.165, 1.54) is 6.92 Å². The third-order valence-electron chi connectivity index (χ3n) is 4.58. The van der Waals surface area contributed by atoms with E-state index in [4.69, 9.17) is 9.47 Å². The average molecular weight is 353 g/mol. The van der Waals surface area contributed by atoms with Crippen LogP contribution in [0.25, 0.3) is 16.7 Å². The van der Waals surface area contributed by atoms with Crippen molar-refractivity contribution in [3.05, 3.63) is 42.4 Å². The quantitative estimate of drug-likeness (QED) is 0.772. The minimum absolute atomic E-state index is 0.172. The van der Waals surface area contributed by atoms with Gasteiger partial charge in [0.1, 0.15) is 11.4 Å². The van der Waals surface area contributed by atoms with E-state index in [1.54, 1.807) is 30.3 Å². The van der Waals surface area contributed by atoms with Gasteiger partial charge in [-0.05, 0) is 17.7 Å². The fourth-order valence-electron chi connectivity index (χ4n) is 3.16. The summed E-state index contributed by atoms with van der Waals surface area (Å²) in [7, 11) is 1.70. The number of carbonyl (C=O) groups is 1. The van der Waals surface area contributed by atoms with Gasteiger partial charge in [-0.1, -0.05) is 0 Å². The van der Waals surface area contributed by atoms with Gasteiger partial charge >= 0.3 is 0 Å².